The molecule has 4 N–H and O–H groups in total. The lowest BCUT2D eigenvalue weighted by Gasteiger charge is -2.24. The van der Waals surface area contributed by atoms with Gasteiger partial charge in [0.15, 0.2) is 0 Å². The van der Waals surface area contributed by atoms with Gasteiger partial charge in [0.1, 0.15) is 0 Å². The Kier molecular flexibility index (Phi) is 1.42. The first-order valence-electron chi connectivity index (χ1n) is 4.25. The van der Waals surface area contributed by atoms with E-state index in [0.717, 1.165) is 12.8 Å². The fourth-order valence-corrected chi connectivity index (χ4v) is 2.76. The van der Waals surface area contributed by atoms with Crippen LogP contribution in [0, 0.1) is 17.8 Å². The molecular weight excluding hydrogens is 140 g/mol. The van der Waals surface area contributed by atoms with Gasteiger partial charge < -0.3 is 11.5 Å². The zero-order chi connectivity index (χ0) is 8.01. The SMILES string of the molecule is NC(=O)[C@H]1[C@H]2CC[C@@H](C2)[C@H]1N. The second-order valence-corrected chi connectivity index (χ2v) is 3.84. The van der Waals surface area contributed by atoms with E-state index >= 15 is 0 Å². The van der Waals surface area contributed by atoms with E-state index in [0.29, 0.717) is 11.8 Å². The van der Waals surface area contributed by atoms with Gasteiger partial charge in [-0.1, -0.05) is 0 Å². The maximum atomic E-state index is 10.9. The molecule has 1 amide bonds. The zero-order valence-corrected chi connectivity index (χ0v) is 6.49. The molecule has 3 heteroatoms. The smallest absolute Gasteiger partial charge is 0.222 e. The molecule has 2 aliphatic rings. The van der Waals surface area contributed by atoms with E-state index < -0.39 is 0 Å². The summed E-state index contributed by atoms with van der Waals surface area (Å²) in [6, 6.07) is 0.0613. The molecule has 62 valence electrons. The molecule has 0 radical (unpaired) electrons. The Balaban J connectivity index is 2.17. The summed E-state index contributed by atoms with van der Waals surface area (Å²) in [5.41, 5.74) is 11.1. The summed E-state index contributed by atoms with van der Waals surface area (Å²) in [5, 5.41) is 0. The maximum Gasteiger partial charge on any atom is 0.222 e. The van der Waals surface area contributed by atoms with Crippen LogP contribution < -0.4 is 11.5 Å². The minimum Gasteiger partial charge on any atom is -0.369 e. The van der Waals surface area contributed by atoms with E-state index in [-0.39, 0.29) is 17.9 Å². The first-order chi connectivity index (χ1) is 5.20. The topological polar surface area (TPSA) is 69.1 Å². The highest BCUT2D eigenvalue weighted by molar-refractivity contribution is 5.78. The number of amides is 1. The van der Waals surface area contributed by atoms with Crippen LogP contribution in [-0.2, 0) is 4.79 Å². The molecule has 2 bridgehead atoms. The van der Waals surface area contributed by atoms with Gasteiger partial charge in [-0.05, 0) is 31.1 Å². The molecule has 0 heterocycles. The van der Waals surface area contributed by atoms with E-state index in [2.05, 4.69) is 0 Å². The molecule has 4 atom stereocenters. The van der Waals surface area contributed by atoms with Gasteiger partial charge in [0.25, 0.3) is 0 Å². The molecule has 0 aromatic rings. The molecule has 2 aliphatic carbocycles. The lowest BCUT2D eigenvalue weighted by atomic mass is 9.84. The van der Waals surface area contributed by atoms with Crippen LogP contribution in [0.25, 0.3) is 0 Å². The Labute approximate surface area is 66.1 Å². The molecule has 2 fully saturated rings. The molecule has 0 spiro atoms. The number of nitrogens with two attached hydrogens (primary N) is 2. The normalized spacial score (nSPS) is 48.1. The molecular formula is C8H14N2O. The minimum atomic E-state index is -0.190. The molecule has 0 aromatic carbocycles. The quantitative estimate of drug-likeness (QED) is 0.551. The summed E-state index contributed by atoms with van der Waals surface area (Å²) < 4.78 is 0. The lowest BCUT2D eigenvalue weighted by molar-refractivity contribution is -0.123. The fourth-order valence-electron chi connectivity index (χ4n) is 2.76. The lowest BCUT2D eigenvalue weighted by Crippen LogP contribution is -2.43. The second kappa shape index (κ2) is 2.21. The number of primary amides is 1. The van der Waals surface area contributed by atoms with Gasteiger partial charge in [-0.2, -0.15) is 0 Å². The third kappa shape index (κ3) is 0.872. The van der Waals surface area contributed by atoms with Crippen molar-refractivity contribution < 1.29 is 4.79 Å². The summed E-state index contributed by atoms with van der Waals surface area (Å²) in [7, 11) is 0. The van der Waals surface area contributed by atoms with Gasteiger partial charge in [0.2, 0.25) is 5.91 Å². The molecule has 2 rings (SSSR count). The summed E-state index contributed by atoms with van der Waals surface area (Å²) in [6.07, 6.45) is 3.50. The highest BCUT2D eigenvalue weighted by Crippen LogP contribution is 2.47. The monoisotopic (exact) mass is 154 g/mol. The summed E-state index contributed by atoms with van der Waals surface area (Å²) in [5.74, 6) is 0.878. The van der Waals surface area contributed by atoms with Crippen LogP contribution in [0.1, 0.15) is 19.3 Å². The number of rotatable bonds is 1. The van der Waals surface area contributed by atoms with Crippen LogP contribution in [-0.4, -0.2) is 11.9 Å². The number of fused-ring (bicyclic) bond motifs is 2. The Bertz CT molecular complexity index is 191. The van der Waals surface area contributed by atoms with Gasteiger partial charge in [-0.15, -0.1) is 0 Å². The van der Waals surface area contributed by atoms with Crippen LogP contribution in [0.2, 0.25) is 0 Å². The molecule has 2 saturated carbocycles. The van der Waals surface area contributed by atoms with Crippen molar-refractivity contribution in [2.45, 2.75) is 25.3 Å². The van der Waals surface area contributed by atoms with E-state index in [1.165, 1.54) is 6.42 Å². The highest BCUT2D eigenvalue weighted by Gasteiger charge is 2.48. The average Bonchev–Trinajstić information content (AvgIpc) is 2.44. The van der Waals surface area contributed by atoms with E-state index in [9.17, 15) is 4.79 Å². The van der Waals surface area contributed by atoms with E-state index in [1.54, 1.807) is 0 Å². The molecule has 0 unspecified atom stereocenters. The number of carbonyl (C=O) groups excluding carboxylic acids is 1. The minimum absolute atomic E-state index is 0.0197. The van der Waals surface area contributed by atoms with Crippen molar-refractivity contribution >= 4 is 5.91 Å². The van der Waals surface area contributed by atoms with E-state index in [4.69, 9.17) is 11.5 Å². The van der Waals surface area contributed by atoms with Crippen LogP contribution in [0.5, 0.6) is 0 Å². The molecule has 11 heavy (non-hydrogen) atoms. The number of hydrogen-bond acceptors (Lipinski definition) is 2. The fraction of sp³-hybridized carbons (Fsp3) is 0.875. The van der Waals surface area contributed by atoms with Gasteiger partial charge in [-0.3, -0.25) is 4.79 Å². The third-order valence-corrected chi connectivity index (χ3v) is 3.31. The van der Waals surface area contributed by atoms with Crippen molar-refractivity contribution in [1.29, 1.82) is 0 Å². The molecule has 0 aliphatic heterocycles. The molecule has 0 aromatic heterocycles. The highest BCUT2D eigenvalue weighted by atomic mass is 16.1. The van der Waals surface area contributed by atoms with Crippen LogP contribution >= 0.6 is 0 Å². The Hall–Kier alpha value is -0.570. The largest absolute Gasteiger partial charge is 0.369 e. The maximum absolute atomic E-state index is 10.9. The van der Waals surface area contributed by atoms with E-state index in [1.807, 2.05) is 0 Å². The standard InChI is InChI=1S/C8H14N2O/c9-7-5-2-1-4(3-5)6(7)8(10)11/h4-7H,1-3,9H2,(H2,10,11)/t4-,5-,6-,7+/m0/s1. The summed E-state index contributed by atoms with van der Waals surface area (Å²) in [4.78, 5) is 10.9. The van der Waals surface area contributed by atoms with Crippen molar-refractivity contribution in [1.82, 2.24) is 0 Å². The van der Waals surface area contributed by atoms with Crippen molar-refractivity contribution in [3.63, 3.8) is 0 Å². The van der Waals surface area contributed by atoms with Gasteiger partial charge in [-0.25, -0.2) is 0 Å². The van der Waals surface area contributed by atoms with Crippen molar-refractivity contribution in [2.75, 3.05) is 0 Å². The first-order valence-corrected chi connectivity index (χ1v) is 4.25. The number of carbonyl (C=O) groups is 1. The summed E-state index contributed by atoms with van der Waals surface area (Å²) >= 11 is 0. The Morgan fingerprint density at radius 1 is 1.27 bits per heavy atom. The van der Waals surface area contributed by atoms with Crippen molar-refractivity contribution in [3.05, 3.63) is 0 Å². The average molecular weight is 154 g/mol. The van der Waals surface area contributed by atoms with Gasteiger partial charge in [0, 0.05) is 6.04 Å². The Morgan fingerprint density at radius 3 is 2.27 bits per heavy atom. The zero-order valence-electron chi connectivity index (χ0n) is 6.49. The van der Waals surface area contributed by atoms with Crippen molar-refractivity contribution in [3.8, 4) is 0 Å². The predicted molar refractivity (Wildman–Crippen MR) is 41.5 cm³/mol. The number of hydrogen-bond donors (Lipinski definition) is 2. The summed E-state index contributed by atoms with van der Waals surface area (Å²) in [6.45, 7) is 0. The van der Waals surface area contributed by atoms with Crippen LogP contribution in [0.4, 0.5) is 0 Å². The first kappa shape index (κ1) is 7.10. The van der Waals surface area contributed by atoms with Gasteiger partial charge in [0.05, 0.1) is 5.92 Å². The van der Waals surface area contributed by atoms with Crippen molar-refractivity contribution in [2.24, 2.45) is 29.2 Å². The predicted octanol–water partition coefficient (Wildman–Crippen LogP) is -0.155. The Morgan fingerprint density at radius 2 is 1.91 bits per heavy atom. The molecule has 3 nitrogen and oxygen atoms in total. The second-order valence-electron chi connectivity index (χ2n) is 3.84. The molecule has 0 saturated heterocycles. The third-order valence-electron chi connectivity index (χ3n) is 3.31. The van der Waals surface area contributed by atoms with Crippen LogP contribution in [0.15, 0.2) is 0 Å². The van der Waals surface area contributed by atoms with Gasteiger partial charge >= 0.3 is 0 Å². The van der Waals surface area contributed by atoms with Crippen LogP contribution in [0.3, 0.4) is 0 Å².